The second-order valence-electron chi connectivity index (χ2n) is 6.14. The molecule has 0 bridgehead atoms. The zero-order valence-electron chi connectivity index (χ0n) is 13.8. The molecular formula is C21H29. The van der Waals surface area contributed by atoms with Gasteiger partial charge in [-0.15, -0.1) is 0 Å². The molecule has 0 heteroatoms. The fourth-order valence-corrected chi connectivity index (χ4v) is 3.18. The minimum atomic E-state index is 1.19. The van der Waals surface area contributed by atoms with Crippen molar-refractivity contribution in [2.75, 3.05) is 0 Å². The molecule has 0 saturated heterocycles. The quantitative estimate of drug-likeness (QED) is 0.485. The average molecular weight is 281 g/mol. The van der Waals surface area contributed by atoms with Gasteiger partial charge in [-0.05, 0) is 60.1 Å². The van der Waals surface area contributed by atoms with Gasteiger partial charge in [0.1, 0.15) is 0 Å². The Labute approximate surface area is 130 Å². The van der Waals surface area contributed by atoms with Gasteiger partial charge in [0.05, 0.1) is 0 Å². The first-order valence-electron chi connectivity index (χ1n) is 8.63. The van der Waals surface area contributed by atoms with E-state index in [4.69, 9.17) is 0 Å². The third-order valence-corrected chi connectivity index (χ3v) is 4.40. The topological polar surface area (TPSA) is 0 Å². The Hall–Kier alpha value is -1.30. The smallest absolute Gasteiger partial charge is 0.0117 e. The van der Waals surface area contributed by atoms with Crippen molar-refractivity contribution in [2.24, 2.45) is 0 Å². The third kappa shape index (κ3) is 4.09. The minimum absolute atomic E-state index is 1.19. The van der Waals surface area contributed by atoms with Crippen molar-refractivity contribution < 1.29 is 0 Å². The van der Waals surface area contributed by atoms with Crippen LogP contribution in [0.4, 0.5) is 0 Å². The van der Waals surface area contributed by atoms with E-state index in [1.165, 1.54) is 78.8 Å². The Kier molecular flexibility index (Phi) is 6.29. The number of hydrogen-bond donors (Lipinski definition) is 0. The number of benzene rings is 2. The number of fused-ring (bicyclic) bond motifs is 1. The monoisotopic (exact) mass is 281 g/mol. The SMILES string of the molecule is [CH2]c1ccc(CCCCC)c2cccc(CCCCC)c12. The molecule has 0 N–H and O–H groups in total. The van der Waals surface area contributed by atoms with Crippen molar-refractivity contribution >= 4 is 10.8 Å². The molecule has 0 aromatic heterocycles. The number of hydrogen-bond acceptors (Lipinski definition) is 0. The highest BCUT2D eigenvalue weighted by Gasteiger charge is 2.08. The van der Waals surface area contributed by atoms with E-state index in [1.807, 2.05) is 0 Å². The summed E-state index contributed by atoms with van der Waals surface area (Å²) in [6, 6.07) is 11.3. The molecule has 0 aliphatic carbocycles. The lowest BCUT2D eigenvalue weighted by molar-refractivity contribution is 0.717. The van der Waals surface area contributed by atoms with E-state index < -0.39 is 0 Å². The first-order valence-corrected chi connectivity index (χ1v) is 8.63. The molecular weight excluding hydrogens is 252 g/mol. The van der Waals surface area contributed by atoms with Crippen LogP contribution in [0.2, 0.25) is 0 Å². The largest absolute Gasteiger partial charge is 0.0654 e. The summed E-state index contributed by atoms with van der Waals surface area (Å²) >= 11 is 0. The average Bonchev–Trinajstić information content (AvgIpc) is 2.50. The van der Waals surface area contributed by atoms with Crippen LogP contribution in [0.5, 0.6) is 0 Å². The molecule has 0 heterocycles. The maximum Gasteiger partial charge on any atom is -0.0117 e. The van der Waals surface area contributed by atoms with Crippen LogP contribution in [-0.2, 0) is 12.8 Å². The van der Waals surface area contributed by atoms with E-state index in [1.54, 1.807) is 0 Å². The van der Waals surface area contributed by atoms with Crippen LogP contribution in [0.3, 0.4) is 0 Å². The highest BCUT2D eigenvalue weighted by Crippen LogP contribution is 2.28. The summed E-state index contributed by atoms with van der Waals surface area (Å²) in [4.78, 5) is 0. The lowest BCUT2D eigenvalue weighted by Gasteiger charge is -2.13. The van der Waals surface area contributed by atoms with Crippen molar-refractivity contribution in [3.63, 3.8) is 0 Å². The molecule has 0 atom stereocenters. The van der Waals surface area contributed by atoms with Gasteiger partial charge in [0.2, 0.25) is 0 Å². The Morgan fingerprint density at radius 3 is 2.10 bits per heavy atom. The Morgan fingerprint density at radius 2 is 1.43 bits per heavy atom. The van der Waals surface area contributed by atoms with Crippen LogP contribution in [0.15, 0.2) is 30.3 Å². The van der Waals surface area contributed by atoms with Crippen LogP contribution < -0.4 is 0 Å². The second kappa shape index (κ2) is 8.22. The van der Waals surface area contributed by atoms with E-state index in [9.17, 15) is 0 Å². The van der Waals surface area contributed by atoms with Crippen LogP contribution in [-0.4, -0.2) is 0 Å². The molecule has 1 radical (unpaired) electrons. The summed E-state index contributed by atoms with van der Waals surface area (Å²) in [7, 11) is 0. The highest BCUT2D eigenvalue weighted by molar-refractivity contribution is 5.92. The maximum absolute atomic E-state index is 4.28. The zero-order valence-corrected chi connectivity index (χ0v) is 13.8. The standard InChI is InChI=1S/C21H29/c1-4-6-8-11-18-16-15-17(3)21-19(12-9-7-5-2)13-10-14-20(18)21/h10,13-16H,3-9,11-12H2,1-2H3. The molecule has 0 amide bonds. The van der Waals surface area contributed by atoms with Crippen molar-refractivity contribution in [3.05, 3.63) is 53.9 Å². The van der Waals surface area contributed by atoms with E-state index >= 15 is 0 Å². The van der Waals surface area contributed by atoms with E-state index in [-0.39, 0.29) is 0 Å². The molecule has 0 spiro atoms. The molecule has 0 fully saturated rings. The molecule has 0 aliphatic rings. The molecule has 0 aliphatic heterocycles. The zero-order chi connectivity index (χ0) is 15.1. The van der Waals surface area contributed by atoms with Gasteiger partial charge in [-0.2, -0.15) is 0 Å². The van der Waals surface area contributed by atoms with Gasteiger partial charge in [-0.1, -0.05) is 69.9 Å². The van der Waals surface area contributed by atoms with Crippen LogP contribution in [0.1, 0.15) is 69.1 Å². The van der Waals surface area contributed by atoms with Gasteiger partial charge >= 0.3 is 0 Å². The van der Waals surface area contributed by atoms with Gasteiger partial charge in [0, 0.05) is 0 Å². The number of rotatable bonds is 8. The van der Waals surface area contributed by atoms with Gasteiger partial charge in [-0.3, -0.25) is 0 Å². The van der Waals surface area contributed by atoms with Gasteiger partial charge < -0.3 is 0 Å². The maximum atomic E-state index is 4.28. The fraction of sp³-hybridized carbons (Fsp3) is 0.476. The molecule has 0 saturated carbocycles. The summed E-state index contributed by atoms with van der Waals surface area (Å²) in [6.07, 6.45) is 10.2. The third-order valence-electron chi connectivity index (χ3n) is 4.40. The first-order chi connectivity index (χ1) is 10.3. The predicted molar refractivity (Wildman–Crippen MR) is 94.9 cm³/mol. The van der Waals surface area contributed by atoms with Gasteiger partial charge in [0.15, 0.2) is 0 Å². The first kappa shape index (κ1) is 16.1. The highest BCUT2D eigenvalue weighted by atomic mass is 14.1. The van der Waals surface area contributed by atoms with E-state index in [0.29, 0.717) is 0 Å². The molecule has 113 valence electrons. The molecule has 2 aromatic carbocycles. The normalized spacial score (nSPS) is 11.2. The molecule has 2 aromatic rings. The molecule has 0 nitrogen and oxygen atoms in total. The van der Waals surface area contributed by atoms with E-state index in [2.05, 4.69) is 51.1 Å². The minimum Gasteiger partial charge on any atom is -0.0654 e. The second-order valence-corrected chi connectivity index (χ2v) is 6.14. The predicted octanol–water partition coefficient (Wildman–Crippen LogP) is 6.49. The van der Waals surface area contributed by atoms with Crippen LogP contribution >= 0.6 is 0 Å². The summed E-state index contributed by atoms with van der Waals surface area (Å²) in [5.41, 5.74) is 4.18. The number of unbranched alkanes of at least 4 members (excludes halogenated alkanes) is 4. The van der Waals surface area contributed by atoms with Crippen LogP contribution in [0, 0.1) is 6.92 Å². The Balaban J connectivity index is 2.32. The lowest BCUT2D eigenvalue weighted by atomic mass is 9.92. The van der Waals surface area contributed by atoms with Gasteiger partial charge in [0.25, 0.3) is 0 Å². The summed E-state index contributed by atoms with van der Waals surface area (Å²) < 4.78 is 0. The Morgan fingerprint density at radius 1 is 0.762 bits per heavy atom. The molecule has 2 rings (SSSR count). The van der Waals surface area contributed by atoms with Crippen molar-refractivity contribution in [1.82, 2.24) is 0 Å². The molecule has 21 heavy (non-hydrogen) atoms. The van der Waals surface area contributed by atoms with Crippen molar-refractivity contribution in [1.29, 1.82) is 0 Å². The van der Waals surface area contributed by atoms with Gasteiger partial charge in [-0.25, -0.2) is 0 Å². The van der Waals surface area contributed by atoms with Crippen molar-refractivity contribution in [2.45, 2.75) is 65.2 Å². The van der Waals surface area contributed by atoms with E-state index in [0.717, 1.165) is 0 Å². The lowest BCUT2D eigenvalue weighted by Crippen LogP contribution is -1.94. The number of aryl methyl sites for hydroxylation is 2. The summed E-state index contributed by atoms with van der Waals surface area (Å²) in [5, 5.41) is 2.86. The summed E-state index contributed by atoms with van der Waals surface area (Å²) in [6.45, 7) is 8.81. The summed E-state index contributed by atoms with van der Waals surface area (Å²) in [5.74, 6) is 0. The van der Waals surface area contributed by atoms with Crippen molar-refractivity contribution in [3.8, 4) is 0 Å². The molecule has 0 unspecified atom stereocenters. The Bertz CT molecular complexity index is 566. The fourth-order valence-electron chi connectivity index (χ4n) is 3.18. The van der Waals surface area contributed by atoms with Crippen LogP contribution in [0.25, 0.3) is 10.8 Å².